The Morgan fingerprint density at radius 3 is 2.85 bits per heavy atom. The lowest BCUT2D eigenvalue weighted by atomic mass is 10.1. The summed E-state index contributed by atoms with van der Waals surface area (Å²) < 4.78 is 2.13. The second-order valence-electron chi connectivity index (χ2n) is 6.84. The number of para-hydroxylation sites is 2. The Bertz CT molecular complexity index is 987. The van der Waals surface area contributed by atoms with Crippen LogP contribution < -0.4 is 4.90 Å². The molecule has 1 saturated heterocycles. The molecular formula is C20H23N5O. The summed E-state index contributed by atoms with van der Waals surface area (Å²) >= 11 is 0. The molecule has 0 atom stereocenters. The van der Waals surface area contributed by atoms with Crippen LogP contribution >= 0.6 is 0 Å². The molecule has 0 bridgehead atoms. The van der Waals surface area contributed by atoms with Crippen LogP contribution in [0.1, 0.15) is 17.5 Å². The molecule has 3 heterocycles. The van der Waals surface area contributed by atoms with E-state index in [-0.39, 0.29) is 6.61 Å². The third-order valence-corrected chi connectivity index (χ3v) is 5.19. The number of hydrogen-bond acceptors (Lipinski definition) is 5. The van der Waals surface area contributed by atoms with E-state index in [0.717, 1.165) is 67.2 Å². The number of imidazole rings is 1. The van der Waals surface area contributed by atoms with Crippen LogP contribution in [-0.2, 0) is 0 Å². The van der Waals surface area contributed by atoms with Crippen molar-refractivity contribution in [1.82, 2.24) is 14.3 Å². The molecule has 1 N–H and O–H groups in total. The number of pyridine rings is 1. The van der Waals surface area contributed by atoms with Crippen molar-refractivity contribution in [1.29, 1.82) is 5.26 Å². The van der Waals surface area contributed by atoms with Crippen molar-refractivity contribution in [2.75, 3.05) is 44.2 Å². The third-order valence-electron chi connectivity index (χ3n) is 5.19. The van der Waals surface area contributed by atoms with Gasteiger partial charge >= 0.3 is 0 Å². The second-order valence-corrected chi connectivity index (χ2v) is 6.84. The molecule has 1 aromatic carbocycles. The molecule has 0 radical (unpaired) electrons. The Labute approximate surface area is 152 Å². The van der Waals surface area contributed by atoms with Crippen molar-refractivity contribution in [3.8, 4) is 6.07 Å². The van der Waals surface area contributed by atoms with Gasteiger partial charge in [-0.3, -0.25) is 9.30 Å². The van der Waals surface area contributed by atoms with E-state index < -0.39 is 0 Å². The number of rotatable bonds is 3. The first-order valence-corrected chi connectivity index (χ1v) is 9.12. The number of nitrogens with zero attached hydrogens (tertiary/aromatic N) is 5. The van der Waals surface area contributed by atoms with E-state index in [9.17, 15) is 10.4 Å². The molecular weight excluding hydrogens is 326 g/mol. The predicted molar refractivity (Wildman–Crippen MR) is 103 cm³/mol. The van der Waals surface area contributed by atoms with Gasteiger partial charge in [0, 0.05) is 26.2 Å². The maximum Gasteiger partial charge on any atom is 0.157 e. The summed E-state index contributed by atoms with van der Waals surface area (Å²) in [6.07, 6.45) is 1.05. The minimum Gasteiger partial charge on any atom is -0.395 e. The van der Waals surface area contributed by atoms with Crippen LogP contribution in [0.25, 0.3) is 16.7 Å². The van der Waals surface area contributed by atoms with Gasteiger partial charge in [-0.15, -0.1) is 0 Å². The Kier molecular flexibility index (Phi) is 4.49. The number of aliphatic hydroxyl groups is 1. The maximum atomic E-state index is 9.63. The Hall–Kier alpha value is -2.62. The quantitative estimate of drug-likeness (QED) is 0.785. The number of aliphatic hydroxyl groups excluding tert-OH is 1. The van der Waals surface area contributed by atoms with Gasteiger partial charge in [-0.25, -0.2) is 4.98 Å². The van der Waals surface area contributed by atoms with Gasteiger partial charge in [0.15, 0.2) is 5.65 Å². The van der Waals surface area contributed by atoms with Gasteiger partial charge in [-0.05, 0) is 43.7 Å². The van der Waals surface area contributed by atoms with Gasteiger partial charge in [0.1, 0.15) is 11.9 Å². The molecule has 0 spiro atoms. The van der Waals surface area contributed by atoms with E-state index in [1.54, 1.807) is 0 Å². The molecule has 1 aliphatic heterocycles. The fourth-order valence-electron chi connectivity index (χ4n) is 3.87. The average Bonchev–Trinajstić information content (AvgIpc) is 2.87. The number of β-amino-alcohol motifs (C(OH)–C–C–N with tert-alkyl or cyclic N) is 1. The predicted octanol–water partition coefficient (Wildman–Crippen LogP) is 2.17. The van der Waals surface area contributed by atoms with Crippen LogP contribution in [-0.4, -0.2) is 58.7 Å². The van der Waals surface area contributed by atoms with Crippen LogP contribution in [0.4, 0.5) is 5.82 Å². The van der Waals surface area contributed by atoms with Crippen molar-refractivity contribution in [3.63, 3.8) is 0 Å². The highest BCUT2D eigenvalue weighted by molar-refractivity contribution is 5.85. The van der Waals surface area contributed by atoms with E-state index >= 15 is 0 Å². The number of nitriles is 1. The highest BCUT2D eigenvalue weighted by Gasteiger charge is 2.21. The maximum absolute atomic E-state index is 9.63. The van der Waals surface area contributed by atoms with E-state index in [0.29, 0.717) is 5.56 Å². The van der Waals surface area contributed by atoms with Gasteiger partial charge < -0.3 is 10.0 Å². The number of aromatic nitrogens is 2. The van der Waals surface area contributed by atoms with E-state index in [2.05, 4.69) is 32.4 Å². The first-order valence-electron chi connectivity index (χ1n) is 9.12. The molecule has 6 heteroatoms. The molecule has 1 aliphatic rings. The van der Waals surface area contributed by atoms with Gasteiger partial charge in [-0.2, -0.15) is 5.26 Å². The minimum absolute atomic E-state index is 0.201. The zero-order valence-corrected chi connectivity index (χ0v) is 15.0. The molecule has 4 rings (SSSR count). The summed E-state index contributed by atoms with van der Waals surface area (Å²) in [7, 11) is 0. The number of anilines is 1. The number of aryl methyl sites for hydroxylation is 1. The first kappa shape index (κ1) is 16.8. The van der Waals surface area contributed by atoms with Crippen molar-refractivity contribution >= 4 is 22.5 Å². The Morgan fingerprint density at radius 2 is 2.04 bits per heavy atom. The van der Waals surface area contributed by atoms with Crippen molar-refractivity contribution in [2.24, 2.45) is 0 Å². The normalized spacial score (nSPS) is 16.1. The lowest BCUT2D eigenvalue weighted by Crippen LogP contribution is -2.33. The fourth-order valence-corrected chi connectivity index (χ4v) is 3.87. The Morgan fingerprint density at radius 1 is 1.19 bits per heavy atom. The van der Waals surface area contributed by atoms with Crippen molar-refractivity contribution < 1.29 is 5.11 Å². The number of hydrogen-bond donors (Lipinski definition) is 1. The van der Waals surface area contributed by atoms with Gasteiger partial charge in [0.05, 0.1) is 23.2 Å². The Balaban J connectivity index is 1.86. The van der Waals surface area contributed by atoms with Crippen LogP contribution in [0.5, 0.6) is 0 Å². The molecule has 134 valence electrons. The summed E-state index contributed by atoms with van der Waals surface area (Å²) in [5.74, 6) is 1.09. The standard InChI is InChI=1S/C20H23N5O/c1-15-13-19(24-8-4-7-23(9-10-24)11-12-26)25-18-6-3-2-5-17(18)22-20(25)16(15)14-21/h2-3,5-6,13,26H,4,7-12H2,1H3. The summed E-state index contributed by atoms with van der Waals surface area (Å²) in [4.78, 5) is 9.43. The number of fused-ring (bicyclic) bond motifs is 3. The summed E-state index contributed by atoms with van der Waals surface area (Å²) in [6, 6.07) is 12.5. The highest BCUT2D eigenvalue weighted by atomic mass is 16.3. The molecule has 0 aliphatic carbocycles. The fraction of sp³-hybridized carbons (Fsp3) is 0.400. The summed E-state index contributed by atoms with van der Waals surface area (Å²) in [6.45, 7) is 6.68. The van der Waals surface area contributed by atoms with Crippen LogP contribution in [0.2, 0.25) is 0 Å². The SMILES string of the molecule is Cc1cc(N2CCCN(CCO)CC2)n2c(nc3ccccc32)c1C#N. The van der Waals surface area contributed by atoms with Crippen molar-refractivity contribution in [3.05, 3.63) is 41.5 Å². The molecule has 3 aromatic rings. The molecule has 6 nitrogen and oxygen atoms in total. The zero-order valence-electron chi connectivity index (χ0n) is 15.0. The van der Waals surface area contributed by atoms with Crippen LogP contribution in [0.15, 0.2) is 30.3 Å². The first-order chi connectivity index (χ1) is 12.7. The minimum atomic E-state index is 0.201. The molecule has 0 amide bonds. The average molecular weight is 349 g/mol. The van der Waals surface area contributed by atoms with Gasteiger partial charge in [0.25, 0.3) is 0 Å². The van der Waals surface area contributed by atoms with Gasteiger partial charge in [0.2, 0.25) is 0 Å². The highest BCUT2D eigenvalue weighted by Crippen LogP contribution is 2.29. The third kappa shape index (κ3) is 2.79. The summed E-state index contributed by atoms with van der Waals surface area (Å²) in [5.41, 5.74) is 4.28. The molecule has 0 saturated carbocycles. The molecule has 0 unspecified atom stereocenters. The molecule has 1 fully saturated rings. The van der Waals surface area contributed by atoms with E-state index in [4.69, 9.17) is 4.98 Å². The lowest BCUT2D eigenvalue weighted by Gasteiger charge is -2.25. The van der Waals surface area contributed by atoms with Crippen LogP contribution in [0.3, 0.4) is 0 Å². The van der Waals surface area contributed by atoms with Gasteiger partial charge in [-0.1, -0.05) is 12.1 Å². The molecule has 2 aromatic heterocycles. The van der Waals surface area contributed by atoms with E-state index in [1.807, 2.05) is 25.1 Å². The van der Waals surface area contributed by atoms with Crippen LogP contribution in [0, 0.1) is 18.3 Å². The smallest absolute Gasteiger partial charge is 0.157 e. The zero-order chi connectivity index (χ0) is 18.1. The lowest BCUT2D eigenvalue weighted by molar-refractivity contribution is 0.204. The van der Waals surface area contributed by atoms with Crippen molar-refractivity contribution in [2.45, 2.75) is 13.3 Å². The largest absolute Gasteiger partial charge is 0.395 e. The monoisotopic (exact) mass is 349 g/mol. The molecule has 26 heavy (non-hydrogen) atoms. The topological polar surface area (TPSA) is 67.8 Å². The number of benzene rings is 1. The van der Waals surface area contributed by atoms with E-state index in [1.165, 1.54) is 0 Å². The second kappa shape index (κ2) is 6.94. The summed E-state index contributed by atoms with van der Waals surface area (Å²) in [5, 5.41) is 18.9.